The molecule has 0 rings (SSSR count). The minimum atomic E-state index is -1.37. The van der Waals surface area contributed by atoms with E-state index in [1.165, 1.54) is 0 Å². The van der Waals surface area contributed by atoms with E-state index in [0.717, 1.165) is 0 Å². The fourth-order valence-electron chi connectivity index (χ4n) is 0.418. The van der Waals surface area contributed by atoms with E-state index >= 15 is 0 Å². The van der Waals surface area contributed by atoms with Crippen LogP contribution >= 0.6 is 13.5 Å². The van der Waals surface area contributed by atoms with Crippen molar-refractivity contribution < 1.29 is 56.7 Å². The van der Waals surface area contributed by atoms with Crippen LogP contribution in [0.1, 0.15) is 25.7 Å². The Kier molecular flexibility index (Phi) is 22.4. The molecule has 0 fully saturated rings. The molecule has 0 aliphatic rings. The molecule has 0 atom stereocenters. The standard InChI is InChI=1S/2C4H6O4.Fe.H2S/c2*5-3(6)1-2-4(7)8;;/h2*1-2H2,(H,5,6)(H,7,8);;1H2/q;;+2;/p-2. The summed E-state index contributed by atoms with van der Waals surface area (Å²) in [4.78, 5) is 38.3. The molecule has 0 aromatic heterocycles. The maximum atomic E-state index is 9.64. The number of carboxylic acids is 4. The first kappa shape index (κ1) is 25.6. The van der Waals surface area contributed by atoms with Crippen molar-refractivity contribution in [2.24, 2.45) is 0 Å². The Morgan fingerprint density at radius 2 is 0.944 bits per heavy atom. The predicted octanol–water partition coefficient (Wildman–Crippen LogP) is -2.69. The summed E-state index contributed by atoms with van der Waals surface area (Å²) >= 11 is 0. The van der Waals surface area contributed by atoms with Gasteiger partial charge in [-0.15, -0.1) is 0 Å². The number of rotatable bonds is 6. The molecule has 0 saturated carbocycles. The minimum absolute atomic E-state index is 0. The molecule has 0 amide bonds. The molecule has 0 unspecified atom stereocenters. The van der Waals surface area contributed by atoms with E-state index in [1.54, 1.807) is 0 Å². The molecule has 0 aliphatic heterocycles. The number of hydrogen-bond donors (Lipinski definition) is 2. The van der Waals surface area contributed by atoms with Crippen LogP contribution in [0.25, 0.3) is 0 Å². The van der Waals surface area contributed by atoms with Crippen molar-refractivity contribution in [3.05, 3.63) is 0 Å². The van der Waals surface area contributed by atoms with E-state index in [9.17, 15) is 29.4 Å². The van der Waals surface area contributed by atoms with Crippen LogP contribution in [0.5, 0.6) is 0 Å². The second-order valence-electron chi connectivity index (χ2n) is 2.53. The summed E-state index contributed by atoms with van der Waals surface area (Å²) in [7, 11) is 0. The predicted molar refractivity (Wildman–Crippen MR) is 54.1 cm³/mol. The van der Waals surface area contributed by atoms with Gasteiger partial charge in [0, 0.05) is 11.9 Å². The number of carboxylic acid groups (broad SMARTS) is 4. The Hall–Kier alpha value is -1.25. The van der Waals surface area contributed by atoms with E-state index in [4.69, 9.17) is 10.2 Å². The molecule has 8 nitrogen and oxygen atoms in total. The molecular formula is C8H12FeO8S. The SMILES string of the molecule is O=C(O)CCC(=O)O.O=C([O-])CCC(=O)[O-].S.[Fe+2]. The van der Waals surface area contributed by atoms with Crippen LogP contribution in [0, 0.1) is 0 Å². The van der Waals surface area contributed by atoms with Crippen LogP contribution in [-0.2, 0) is 36.2 Å². The van der Waals surface area contributed by atoms with Gasteiger partial charge in [0.25, 0.3) is 0 Å². The second-order valence-corrected chi connectivity index (χ2v) is 2.53. The molecule has 0 heterocycles. The van der Waals surface area contributed by atoms with Crippen molar-refractivity contribution >= 4 is 37.4 Å². The van der Waals surface area contributed by atoms with Gasteiger partial charge in [-0.2, -0.15) is 13.5 Å². The Labute approximate surface area is 120 Å². The monoisotopic (exact) mass is 324 g/mol. The van der Waals surface area contributed by atoms with Gasteiger partial charge in [-0.3, -0.25) is 9.59 Å². The first-order valence-electron chi connectivity index (χ1n) is 4.09. The van der Waals surface area contributed by atoms with Gasteiger partial charge in [-0.05, 0) is 12.8 Å². The smallest absolute Gasteiger partial charge is 0.550 e. The largest absolute Gasteiger partial charge is 2.00 e. The molecule has 0 aromatic rings. The Bertz CT molecular complexity index is 224. The summed E-state index contributed by atoms with van der Waals surface area (Å²) in [5, 5.41) is 34.8. The second kappa shape index (κ2) is 15.7. The molecule has 0 aromatic carbocycles. The fraction of sp³-hybridized carbons (Fsp3) is 0.500. The summed E-state index contributed by atoms with van der Waals surface area (Å²) in [6, 6.07) is 0. The van der Waals surface area contributed by atoms with Crippen molar-refractivity contribution in [2.45, 2.75) is 25.7 Å². The number of carbonyl (C=O) groups is 4. The van der Waals surface area contributed by atoms with Gasteiger partial charge >= 0.3 is 29.0 Å². The van der Waals surface area contributed by atoms with Crippen LogP contribution < -0.4 is 10.2 Å². The van der Waals surface area contributed by atoms with Gasteiger partial charge in [0.05, 0.1) is 12.8 Å². The van der Waals surface area contributed by atoms with E-state index < -0.39 is 36.7 Å². The number of hydrogen-bond acceptors (Lipinski definition) is 6. The zero-order valence-corrected chi connectivity index (χ0v) is 11.1. The molecule has 10 heteroatoms. The van der Waals surface area contributed by atoms with E-state index in [0.29, 0.717) is 0 Å². The maximum Gasteiger partial charge on any atom is 2.00 e. The Morgan fingerprint density at radius 1 is 0.722 bits per heavy atom. The van der Waals surface area contributed by atoms with Gasteiger partial charge in [0.2, 0.25) is 0 Å². The number of aliphatic carboxylic acids is 4. The quantitative estimate of drug-likeness (QED) is 0.500. The molecule has 0 saturated heterocycles. The third-order valence-corrected chi connectivity index (χ3v) is 1.09. The van der Waals surface area contributed by atoms with Crippen molar-refractivity contribution in [1.82, 2.24) is 0 Å². The molecule has 0 bridgehead atoms. The van der Waals surface area contributed by atoms with Gasteiger partial charge in [-0.1, -0.05) is 0 Å². The van der Waals surface area contributed by atoms with Crippen LogP contribution in [0.2, 0.25) is 0 Å². The normalized spacial score (nSPS) is 7.56. The molecule has 2 N–H and O–H groups in total. The molecule has 0 aliphatic carbocycles. The van der Waals surface area contributed by atoms with E-state index in [2.05, 4.69) is 0 Å². The van der Waals surface area contributed by atoms with Crippen molar-refractivity contribution in [3.8, 4) is 0 Å². The maximum absolute atomic E-state index is 9.64. The van der Waals surface area contributed by atoms with Crippen LogP contribution in [-0.4, -0.2) is 34.1 Å². The number of carbonyl (C=O) groups excluding carboxylic acids is 2. The van der Waals surface area contributed by atoms with E-state index in [-0.39, 0.29) is 43.4 Å². The third kappa shape index (κ3) is 36.4. The molecular weight excluding hydrogens is 312 g/mol. The molecule has 18 heavy (non-hydrogen) atoms. The van der Waals surface area contributed by atoms with Crippen molar-refractivity contribution in [3.63, 3.8) is 0 Å². The minimum Gasteiger partial charge on any atom is -0.550 e. The van der Waals surface area contributed by atoms with Gasteiger partial charge in [-0.25, -0.2) is 0 Å². The summed E-state index contributed by atoms with van der Waals surface area (Å²) in [6.07, 6.45) is -1.53. The summed E-state index contributed by atoms with van der Waals surface area (Å²) in [6.45, 7) is 0. The summed E-state index contributed by atoms with van der Waals surface area (Å²) in [5.41, 5.74) is 0. The molecule has 106 valence electrons. The average molecular weight is 324 g/mol. The first-order valence-corrected chi connectivity index (χ1v) is 4.09. The van der Waals surface area contributed by atoms with Crippen LogP contribution in [0.4, 0.5) is 0 Å². The average Bonchev–Trinajstić information content (AvgIpc) is 2.12. The van der Waals surface area contributed by atoms with Crippen LogP contribution in [0.3, 0.4) is 0 Å². The third-order valence-electron chi connectivity index (χ3n) is 1.09. The topological polar surface area (TPSA) is 155 Å². The summed E-state index contributed by atoms with van der Waals surface area (Å²) < 4.78 is 0. The Morgan fingerprint density at radius 3 is 1.06 bits per heavy atom. The first-order chi connectivity index (χ1) is 7.25. The fourth-order valence-corrected chi connectivity index (χ4v) is 0.418. The Balaban J connectivity index is -0.0000000980. The van der Waals surface area contributed by atoms with Gasteiger partial charge in [0.15, 0.2) is 0 Å². The van der Waals surface area contributed by atoms with Gasteiger partial charge in [0.1, 0.15) is 0 Å². The zero-order chi connectivity index (χ0) is 13.1. The van der Waals surface area contributed by atoms with E-state index in [1.807, 2.05) is 0 Å². The summed E-state index contributed by atoms with van der Waals surface area (Å²) in [5.74, 6) is -4.89. The van der Waals surface area contributed by atoms with Gasteiger partial charge < -0.3 is 30.0 Å². The molecule has 0 spiro atoms. The zero-order valence-electron chi connectivity index (χ0n) is 9.03. The van der Waals surface area contributed by atoms with Crippen molar-refractivity contribution in [1.29, 1.82) is 0 Å². The molecule has 0 radical (unpaired) electrons. The van der Waals surface area contributed by atoms with Crippen molar-refractivity contribution in [2.75, 3.05) is 0 Å². The van der Waals surface area contributed by atoms with Crippen LogP contribution in [0.15, 0.2) is 0 Å².